The fourth-order valence-corrected chi connectivity index (χ4v) is 3.58. The molecule has 0 spiro atoms. The number of anilines is 1. The Balaban J connectivity index is 1.49. The number of carbonyl (C=O) groups is 2. The molecular weight excluding hydrogens is 481 g/mol. The van der Waals surface area contributed by atoms with Crippen LogP contribution in [0.1, 0.15) is 16.1 Å². The number of alkyl halides is 3. The number of amides is 1. The molecule has 0 aliphatic carbocycles. The molecule has 9 nitrogen and oxygen atoms in total. The van der Waals surface area contributed by atoms with Gasteiger partial charge in [0.2, 0.25) is 10.0 Å². The smallest absolute Gasteiger partial charge is 0.468 e. The quantitative estimate of drug-likeness (QED) is 0.433. The Morgan fingerprint density at radius 3 is 2.24 bits per heavy atom. The van der Waals surface area contributed by atoms with Crippen LogP contribution < -0.4 is 14.8 Å². The van der Waals surface area contributed by atoms with E-state index in [2.05, 4.69) is 14.8 Å². The highest BCUT2D eigenvalue weighted by Gasteiger charge is 2.31. The van der Waals surface area contributed by atoms with Crippen molar-refractivity contribution in [1.82, 2.24) is 4.72 Å². The third-order valence-corrected chi connectivity index (χ3v) is 5.54. The Bertz CT molecular complexity index is 1220. The first-order chi connectivity index (χ1) is 16.0. The highest BCUT2D eigenvalue weighted by Crippen LogP contribution is 2.24. The van der Waals surface area contributed by atoms with Gasteiger partial charge in [-0.1, -0.05) is 0 Å². The lowest BCUT2D eigenvalue weighted by atomic mass is 10.2. The van der Waals surface area contributed by atoms with Crippen LogP contribution in [0.15, 0.2) is 76.2 Å². The minimum atomic E-state index is -4.84. The van der Waals surface area contributed by atoms with E-state index in [0.29, 0.717) is 5.76 Å². The average molecular weight is 498 g/mol. The summed E-state index contributed by atoms with van der Waals surface area (Å²) in [6.45, 7) is -0.725. The van der Waals surface area contributed by atoms with Gasteiger partial charge in [0, 0.05) is 5.69 Å². The zero-order valence-corrected chi connectivity index (χ0v) is 18.0. The summed E-state index contributed by atoms with van der Waals surface area (Å²) >= 11 is 0. The van der Waals surface area contributed by atoms with Gasteiger partial charge in [0.15, 0.2) is 6.61 Å². The Morgan fingerprint density at radius 1 is 0.971 bits per heavy atom. The first-order valence-corrected chi connectivity index (χ1v) is 10.9. The van der Waals surface area contributed by atoms with Gasteiger partial charge in [0.05, 0.1) is 23.3 Å². The molecule has 0 bridgehead atoms. The summed E-state index contributed by atoms with van der Waals surface area (Å²) in [6.07, 6.45) is -3.43. The van der Waals surface area contributed by atoms with Crippen molar-refractivity contribution in [2.24, 2.45) is 0 Å². The topological polar surface area (TPSA) is 124 Å². The van der Waals surface area contributed by atoms with Gasteiger partial charge < -0.3 is 19.2 Å². The van der Waals surface area contributed by atoms with Gasteiger partial charge in [-0.15, -0.1) is 13.2 Å². The summed E-state index contributed by atoms with van der Waals surface area (Å²) in [5.41, 5.74) is 0.165. The van der Waals surface area contributed by atoms with Crippen LogP contribution in [-0.4, -0.2) is 33.3 Å². The van der Waals surface area contributed by atoms with E-state index in [1.165, 1.54) is 42.7 Å². The van der Waals surface area contributed by atoms with E-state index in [9.17, 15) is 31.2 Å². The standard InChI is InChI=1S/C21H17F3N2O7S/c22-21(23,24)33-16-7-5-15(6-8-16)26-19(27)13-32-20(28)14-3-9-18(10-4-14)34(29,30)25-12-17-2-1-11-31-17/h1-11,25H,12-13H2,(H,26,27). The predicted molar refractivity (Wildman–Crippen MR) is 111 cm³/mol. The van der Waals surface area contributed by atoms with Crippen LogP contribution in [0.2, 0.25) is 0 Å². The van der Waals surface area contributed by atoms with Crippen LogP contribution >= 0.6 is 0 Å². The van der Waals surface area contributed by atoms with Crippen LogP contribution in [0.3, 0.4) is 0 Å². The first-order valence-electron chi connectivity index (χ1n) is 9.47. The lowest BCUT2D eigenvalue weighted by Gasteiger charge is -2.10. The Hall–Kier alpha value is -3.84. The van der Waals surface area contributed by atoms with Crippen LogP contribution in [0.5, 0.6) is 5.75 Å². The molecule has 1 heterocycles. The predicted octanol–water partition coefficient (Wildman–Crippen LogP) is 3.45. The van der Waals surface area contributed by atoms with E-state index in [4.69, 9.17) is 9.15 Å². The fraction of sp³-hybridized carbons (Fsp3) is 0.143. The average Bonchev–Trinajstić information content (AvgIpc) is 3.30. The number of halogens is 3. The molecule has 0 saturated carbocycles. The van der Waals surface area contributed by atoms with Crippen LogP contribution in [0.25, 0.3) is 0 Å². The number of hydrogen-bond acceptors (Lipinski definition) is 7. The second kappa shape index (κ2) is 10.4. The second-order valence-electron chi connectivity index (χ2n) is 6.62. The van der Waals surface area contributed by atoms with Crippen molar-refractivity contribution in [3.63, 3.8) is 0 Å². The van der Waals surface area contributed by atoms with Crippen LogP contribution in [-0.2, 0) is 26.1 Å². The van der Waals surface area contributed by atoms with E-state index < -0.39 is 40.6 Å². The van der Waals surface area contributed by atoms with Crippen molar-refractivity contribution in [2.45, 2.75) is 17.8 Å². The van der Waals surface area contributed by atoms with Gasteiger partial charge in [-0.05, 0) is 60.7 Å². The second-order valence-corrected chi connectivity index (χ2v) is 8.39. The molecule has 13 heteroatoms. The summed E-state index contributed by atoms with van der Waals surface area (Å²) in [7, 11) is -3.85. The molecule has 3 rings (SSSR count). The maximum absolute atomic E-state index is 12.3. The molecule has 34 heavy (non-hydrogen) atoms. The van der Waals surface area contributed by atoms with Crippen molar-refractivity contribution in [3.8, 4) is 5.75 Å². The number of furan rings is 1. The summed E-state index contributed by atoms with van der Waals surface area (Å²) in [5.74, 6) is -1.65. The summed E-state index contributed by atoms with van der Waals surface area (Å²) in [5, 5.41) is 2.35. The van der Waals surface area contributed by atoms with E-state index >= 15 is 0 Å². The van der Waals surface area contributed by atoms with E-state index in [1.807, 2.05) is 0 Å². The molecule has 0 aliphatic rings. The molecule has 0 atom stereocenters. The molecule has 0 fully saturated rings. The number of carbonyl (C=O) groups excluding carboxylic acids is 2. The molecule has 1 amide bonds. The van der Waals surface area contributed by atoms with Gasteiger partial charge in [0.1, 0.15) is 11.5 Å². The largest absolute Gasteiger partial charge is 0.573 e. The number of hydrogen-bond donors (Lipinski definition) is 2. The van der Waals surface area contributed by atoms with Gasteiger partial charge >= 0.3 is 12.3 Å². The van der Waals surface area contributed by atoms with Crippen LogP contribution in [0, 0.1) is 0 Å². The lowest BCUT2D eigenvalue weighted by Crippen LogP contribution is -2.23. The molecular formula is C21H17F3N2O7S. The monoisotopic (exact) mass is 498 g/mol. The molecule has 2 N–H and O–H groups in total. The molecule has 180 valence electrons. The van der Waals surface area contributed by atoms with Gasteiger partial charge in [-0.3, -0.25) is 4.79 Å². The third-order valence-electron chi connectivity index (χ3n) is 4.12. The van der Waals surface area contributed by atoms with E-state index in [-0.39, 0.29) is 22.7 Å². The molecule has 0 unspecified atom stereocenters. The SMILES string of the molecule is O=C(COC(=O)c1ccc(S(=O)(=O)NCc2ccco2)cc1)Nc1ccc(OC(F)(F)F)cc1. The van der Waals surface area contributed by atoms with E-state index in [0.717, 1.165) is 12.1 Å². The van der Waals surface area contributed by atoms with Crippen molar-refractivity contribution >= 4 is 27.6 Å². The normalized spacial score (nSPS) is 11.6. The van der Waals surface area contributed by atoms with Crippen molar-refractivity contribution in [1.29, 1.82) is 0 Å². The van der Waals surface area contributed by atoms with Gasteiger partial charge in [-0.25, -0.2) is 17.9 Å². The highest BCUT2D eigenvalue weighted by atomic mass is 32.2. The molecule has 0 aliphatic heterocycles. The van der Waals surface area contributed by atoms with Crippen LogP contribution in [0.4, 0.5) is 18.9 Å². The Kier molecular flexibility index (Phi) is 7.58. The molecule has 3 aromatic rings. The first kappa shape index (κ1) is 24.8. The van der Waals surface area contributed by atoms with Crippen molar-refractivity contribution in [2.75, 3.05) is 11.9 Å². The van der Waals surface area contributed by atoms with Crippen molar-refractivity contribution < 1.29 is 45.1 Å². The Morgan fingerprint density at radius 2 is 1.65 bits per heavy atom. The maximum Gasteiger partial charge on any atom is 0.573 e. The fourth-order valence-electron chi connectivity index (χ4n) is 2.58. The zero-order valence-electron chi connectivity index (χ0n) is 17.2. The number of sulfonamides is 1. The summed E-state index contributed by atoms with van der Waals surface area (Å²) < 4.78 is 77.1. The van der Waals surface area contributed by atoms with Crippen molar-refractivity contribution in [3.05, 3.63) is 78.3 Å². The number of nitrogens with one attached hydrogen (secondary N) is 2. The number of benzene rings is 2. The number of ether oxygens (including phenoxy) is 2. The number of esters is 1. The molecule has 0 saturated heterocycles. The summed E-state index contributed by atoms with van der Waals surface area (Å²) in [6, 6.07) is 12.4. The number of rotatable bonds is 9. The minimum absolute atomic E-state index is 0.00596. The minimum Gasteiger partial charge on any atom is -0.468 e. The molecule has 0 radical (unpaired) electrons. The Labute approximate surface area is 191 Å². The van der Waals surface area contributed by atoms with Gasteiger partial charge in [-0.2, -0.15) is 0 Å². The van der Waals surface area contributed by atoms with Gasteiger partial charge in [0.25, 0.3) is 5.91 Å². The zero-order chi connectivity index (χ0) is 24.8. The highest BCUT2D eigenvalue weighted by molar-refractivity contribution is 7.89. The third kappa shape index (κ3) is 7.35. The maximum atomic E-state index is 12.3. The van der Waals surface area contributed by atoms with E-state index in [1.54, 1.807) is 12.1 Å². The molecule has 2 aromatic carbocycles. The molecule has 1 aromatic heterocycles. The lowest BCUT2D eigenvalue weighted by molar-refractivity contribution is -0.274. The summed E-state index contributed by atoms with van der Waals surface area (Å²) in [4.78, 5) is 23.9.